The second-order valence-electron chi connectivity index (χ2n) is 9.34. The standard InChI is InChI=1S/C25H31NO4S/c1-25(2,3)30-24(28)18-9-11-19(12-10-18)26-13-14-29-21-16-22(31-23(21)26)20(27)15-17-7-5-4-6-8-17/h7,9-12,22H,4-6,8,13-16H2,1-3H3. The van der Waals surface area contributed by atoms with E-state index < -0.39 is 5.60 Å². The highest BCUT2D eigenvalue weighted by Crippen LogP contribution is 2.45. The molecule has 5 nitrogen and oxygen atoms in total. The van der Waals surface area contributed by atoms with Gasteiger partial charge in [-0.2, -0.15) is 0 Å². The molecular weight excluding hydrogens is 410 g/mol. The third kappa shape index (κ3) is 5.35. The second-order valence-corrected chi connectivity index (χ2v) is 10.5. The Hall–Kier alpha value is -2.21. The summed E-state index contributed by atoms with van der Waals surface area (Å²) in [6.45, 7) is 6.91. The Morgan fingerprint density at radius 1 is 1.19 bits per heavy atom. The highest BCUT2D eigenvalue weighted by Gasteiger charge is 2.37. The van der Waals surface area contributed by atoms with E-state index in [1.165, 1.54) is 18.4 Å². The summed E-state index contributed by atoms with van der Waals surface area (Å²) in [7, 11) is 0. The van der Waals surface area contributed by atoms with Crippen LogP contribution >= 0.6 is 11.8 Å². The van der Waals surface area contributed by atoms with Crippen molar-refractivity contribution in [3.8, 4) is 0 Å². The van der Waals surface area contributed by atoms with E-state index in [1.807, 2.05) is 32.9 Å². The van der Waals surface area contributed by atoms with E-state index in [0.717, 1.165) is 35.9 Å². The number of thioether (sulfide) groups is 1. The van der Waals surface area contributed by atoms with Crippen molar-refractivity contribution >= 4 is 29.2 Å². The number of esters is 1. The van der Waals surface area contributed by atoms with Gasteiger partial charge in [0.05, 0.1) is 17.4 Å². The molecule has 0 bridgehead atoms. The molecule has 0 radical (unpaired) electrons. The normalized spacial score (nSPS) is 21.3. The largest absolute Gasteiger partial charge is 0.493 e. The summed E-state index contributed by atoms with van der Waals surface area (Å²) in [5.74, 6) is 0.902. The molecule has 2 heterocycles. The van der Waals surface area contributed by atoms with Crippen LogP contribution in [-0.2, 0) is 14.3 Å². The molecule has 0 aromatic heterocycles. The Labute approximate surface area is 188 Å². The maximum Gasteiger partial charge on any atom is 0.338 e. The lowest BCUT2D eigenvalue weighted by Gasteiger charge is -2.30. The molecule has 0 saturated heterocycles. The van der Waals surface area contributed by atoms with Crippen LogP contribution in [0.2, 0.25) is 0 Å². The van der Waals surface area contributed by atoms with Crippen molar-refractivity contribution in [1.82, 2.24) is 0 Å². The van der Waals surface area contributed by atoms with Gasteiger partial charge in [-0.3, -0.25) is 4.79 Å². The number of carbonyl (C=O) groups excluding carboxylic acids is 2. The van der Waals surface area contributed by atoms with Crippen molar-refractivity contribution in [3.05, 3.63) is 52.3 Å². The fraction of sp³-hybridized carbons (Fsp3) is 0.520. The number of rotatable bonds is 5. The first-order chi connectivity index (χ1) is 14.8. The van der Waals surface area contributed by atoms with E-state index in [4.69, 9.17) is 9.47 Å². The number of ether oxygens (including phenoxy) is 2. The first-order valence-electron chi connectivity index (χ1n) is 11.1. The lowest BCUT2D eigenvalue weighted by molar-refractivity contribution is -0.118. The SMILES string of the molecule is CC(C)(C)OC(=O)c1ccc(N2CCOC3=C2SC(C(=O)CC2=CCCCC2)C3)cc1. The minimum atomic E-state index is -0.518. The lowest BCUT2D eigenvalue weighted by atomic mass is 9.94. The van der Waals surface area contributed by atoms with Crippen LogP contribution in [0.1, 0.15) is 69.7 Å². The maximum absolute atomic E-state index is 12.9. The van der Waals surface area contributed by atoms with Crippen molar-refractivity contribution in [2.24, 2.45) is 0 Å². The zero-order valence-electron chi connectivity index (χ0n) is 18.6. The van der Waals surface area contributed by atoms with Gasteiger partial charge in [-0.25, -0.2) is 4.79 Å². The Bertz CT molecular complexity index is 910. The number of benzene rings is 1. The molecule has 1 atom stereocenters. The van der Waals surface area contributed by atoms with E-state index in [0.29, 0.717) is 30.8 Å². The van der Waals surface area contributed by atoms with Crippen LogP contribution < -0.4 is 4.90 Å². The number of hydrogen-bond donors (Lipinski definition) is 0. The molecular formula is C25H31NO4S. The molecule has 1 aliphatic carbocycles. The van der Waals surface area contributed by atoms with Crippen LogP contribution in [0.3, 0.4) is 0 Å². The van der Waals surface area contributed by atoms with Gasteiger partial charge in [0.2, 0.25) is 0 Å². The molecule has 1 aromatic carbocycles. The van der Waals surface area contributed by atoms with Gasteiger partial charge in [0.1, 0.15) is 23.0 Å². The molecule has 6 heteroatoms. The number of hydrogen-bond acceptors (Lipinski definition) is 6. The minimum Gasteiger partial charge on any atom is -0.493 e. The van der Waals surface area contributed by atoms with Crippen LogP contribution in [0.15, 0.2) is 46.7 Å². The number of Topliss-reactive ketones (excluding diaryl/α,β-unsaturated/α-hetero) is 1. The van der Waals surface area contributed by atoms with Gasteiger partial charge in [-0.05, 0) is 70.7 Å². The summed E-state index contributed by atoms with van der Waals surface area (Å²) in [6.07, 6.45) is 8.09. The average molecular weight is 442 g/mol. The molecule has 2 aliphatic heterocycles. The molecule has 31 heavy (non-hydrogen) atoms. The highest BCUT2D eigenvalue weighted by molar-refractivity contribution is 8.04. The fourth-order valence-electron chi connectivity index (χ4n) is 4.14. The van der Waals surface area contributed by atoms with Gasteiger partial charge in [-0.15, -0.1) is 0 Å². The summed E-state index contributed by atoms with van der Waals surface area (Å²) in [5.41, 5.74) is 2.32. The summed E-state index contributed by atoms with van der Waals surface area (Å²) in [6, 6.07) is 7.49. The minimum absolute atomic E-state index is 0.0746. The summed E-state index contributed by atoms with van der Waals surface area (Å²) >= 11 is 1.62. The lowest BCUT2D eigenvalue weighted by Crippen LogP contribution is -2.30. The van der Waals surface area contributed by atoms with Gasteiger partial charge in [-0.1, -0.05) is 23.4 Å². The van der Waals surface area contributed by atoms with Gasteiger partial charge in [0.25, 0.3) is 0 Å². The zero-order chi connectivity index (χ0) is 22.0. The van der Waals surface area contributed by atoms with Crippen molar-refractivity contribution in [1.29, 1.82) is 0 Å². The summed E-state index contributed by atoms with van der Waals surface area (Å²) in [4.78, 5) is 27.4. The molecule has 166 valence electrons. The molecule has 0 amide bonds. The fourth-order valence-corrected chi connectivity index (χ4v) is 5.45. The Kier molecular flexibility index (Phi) is 6.47. The number of allylic oxidation sites excluding steroid dienone is 3. The highest BCUT2D eigenvalue weighted by atomic mass is 32.2. The van der Waals surface area contributed by atoms with Crippen LogP contribution in [0.5, 0.6) is 0 Å². The van der Waals surface area contributed by atoms with E-state index >= 15 is 0 Å². The Balaban J connectivity index is 1.43. The van der Waals surface area contributed by atoms with Gasteiger partial charge >= 0.3 is 5.97 Å². The van der Waals surface area contributed by atoms with Crippen molar-refractivity contribution in [3.63, 3.8) is 0 Å². The van der Waals surface area contributed by atoms with E-state index in [1.54, 1.807) is 23.9 Å². The Morgan fingerprint density at radius 2 is 1.97 bits per heavy atom. The molecule has 0 N–H and O–H groups in total. The second kappa shape index (κ2) is 9.11. The third-order valence-electron chi connectivity index (χ3n) is 5.66. The van der Waals surface area contributed by atoms with Crippen LogP contribution in [0.25, 0.3) is 0 Å². The first-order valence-corrected chi connectivity index (χ1v) is 12.0. The number of anilines is 1. The molecule has 4 rings (SSSR count). The van der Waals surface area contributed by atoms with Crippen LogP contribution in [0, 0.1) is 0 Å². The van der Waals surface area contributed by atoms with E-state index in [9.17, 15) is 9.59 Å². The molecule has 3 aliphatic rings. The maximum atomic E-state index is 12.9. The van der Waals surface area contributed by atoms with Gasteiger partial charge in [0, 0.05) is 18.5 Å². The van der Waals surface area contributed by atoms with Crippen molar-refractivity contribution in [2.75, 3.05) is 18.1 Å². The van der Waals surface area contributed by atoms with E-state index in [2.05, 4.69) is 11.0 Å². The van der Waals surface area contributed by atoms with Gasteiger partial charge < -0.3 is 14.4 Å². The van der Waals surface area contributed by atoms with Crippen molar-refractivity contribution < 1.29 is 19.1 Å². The van der Waals surface area contributed by atoms with E-state index in [-0.39, 0.29) is 11.2 Å². The molecule has 1 aromatic rings. The van der Waals surface area contributed by atoms with Crippen LogP contribution in [-0.4, -0.2) is 35.8 Å². The summed E-state index contributed by atoms with van der Waals surface area (Å²) < 4.78 is 11.4. The molecule has 0 fully saturated rings. The molecule has 0 spiro atoms. The van der Waals surface area contributed by atoms with Crippen LogP contribution in [0.4, 0.5) is 5.69 Å². The average Bonchev–Trinajstić information content (AvgIpc) is 3.18. The topological polar surface area (TPSA) is 55.8 Å². The smallest absolute Gasteiger partial charge is 0.338 e. The predicted octanol–water partition coefficient (Wildman–Crippen LogP) is 5.61. The number of ketones is 1. The summed E-state index contributed by atoms with van der Waals surface area (Å²) in [5, 5.41) is 0.960. The Morgan fingerprint density at radius 3 is 2.65 bits per heavy atom. The van der Waals surface area contributed by atoms with Gasteiger partial charge in [0.15, 0.2) is 5.78 Å². The monoisotopic (exact) mass is 441 g/mol. The zero-order valence-corrected chi connectivity index (χ0v) is 19.4. The third-order valence-corrected chi connectivity index (χ3v) is 7.04. The molecule has 1 unspecified atom stereocenters. The number of carbonyl (C=O) groups is 2. The first kappa shape index (κ1) is 22.0. The van der Waals surface area contributed by atoms with Crippen molar-refractivity contribution in [2.45, 2.75) is 70.1 Å². The predicted molar refractivity (Wildman–Crippen MR) is 124 cm³/mol. The molecule has 0 saturated carbocycles. The quantitative estimate of drug-likeness (QED) is 0.437. The number of nitrogens with zero attached hydrogens (tertiary/aromatic N) is 1.